The van der Waals surface area contributed by atoms with E-state index in [1.807, 2.05) is 19.9 Å². The zero-order valence-corrected chi connectivity index (χ0v) is 15.1. The molecule has 23 heavy (non-hydrogen) atoms. The van der Waals surface area contributed by atoms with Crippen LogP contribution in [0, 0.1) is 0 Å². The molecule has 0 spiro atoms. The minimum Gasteiger partial charge on any atom is -0.493 e. The lowest BCUT2D eigenvalue weighted by Gasteiger charge is -2.16. The lowest BCUT2D eigenvalue weighted by Crippen LogP contribution is -2.38. The van der Waals surface area contributed by atoms with Crippen LogP contribution in [0.3, 0.4) is 0 Å². The quantitative estimate of drug-likeness (QED) is 0.677. The molecule has 0 radical (unpaired) electrons. The summed E-state index contributed by atoms with van der Waals surface area (Å²) in [5, 5.41) is 6.17. The Labute approximate surface area is 144 Å². The molecule has 0 aromatic heterocycles. The number of carbonyl (C=O) groups excluding carboxylic acids is 1. The molecule has 1 rings (SSSR count). The SMILES string of the molecule is C=CCc1cc(C(=O)NC[C@@H](C)NCC)cc(OC)c1OC.Cl. The van der Waals surface area contributed by atoms with Crippen LogP contribution in [0.15, 0.2) is 24.8 Å². The summed E-state index contributed by atoms with van der Waals surface area (Å²) in [6.45, 7) is 9.24. The van der Waals surface area contributed by atoms with E-state index < -0.39 is 0 Å². The summed E-state index contributed by atoms with van der Waals surface area (Å²) in [6, 6.07) is 3.73. The van der Waals surface area contributed by atoms with Crippen LogP contribution in [-0.2, 0) is 6.42 Å². The second kappa shape index (κ2) is 10.9. The molecule has 0 aliphatic heterocycles. The van der Waals surface area contributed by atoms with Crippen LogP contribution in [0.2, 0.25) is 0 Å². The molecule has 0 fully saturated rings. The highest BCUT2D eigenvalue weighted by atomic mass is 35.5. The summed E-state index contributed by atoms with van der Waals surface area (Å²) in [6.07, 6.45) is 2.38. The maximum Gasteiger partial charge on any atom is 0.251 e. The van der Waals surface area contributed by atoms with Crippen LogP contribution < -0.4 is 20.1 Å². The first-order valence-corrected chi connectivity index (χ1v) is 7.44. The first-order chi connectivity index (χ1) is 10.6. The fraction of sp³-hybridized carbons (Fsp3) is 0.471. The van der Waals surface area contributed by atoms with Crippen LogP contribution >= 0.6 is 12.4 Å². The summed E-state index contributed by atoms with van der Waals surface area (Å²) in [7, 11) is 3.15. The minimum absolute atomic E-state index is 0. The number of hydrogen-bond acceptors (Lipinski definition) is 4. The van der Waals surface area contributed by atoms with Crippen LogP contribution in [0.25, 0.3) is 0 Å². The Morgan fingerprint density at radius 2 is 2.04 bits per heavy atom. The van der Waals surface area contributed by atoms with Crippen LogP contribution in [0.4, 0.5) is 0 Å². The molecule has 0 bridgehead atoms. The number of hydrogen-bond donors (Lipinski definition) is 2. The van der Waals surface area contributed by atoms with Gasteiger partial charge in [0.1, 0.15) is 0 Å². The van der Waals surface area contributed by atoms with Gasteiger partial charge in [-0.1, -0.05) is 13.0 Å². The van der Waals surface area contributed by atoms with Gasteiger partial charge in [0.2, 0.25) is 0 Å². The summed E-state index contributed by atoms with van der Waals surface area (Å²) < 4.78 is 10.7. The monoisotopic (exact) mass is 342 g/mol. The molecule has 130 valence electrons. The Balaban J connectivity index is 0.00000484. The van der Waals surface area contributed by atoms with E-state index in [9.17, 15) is 4.79 Å². The Bertz CT molecular complexity index is 521. The zero-order valence-electron chi connectivity index (χ0n) is 14.3. The fourth-order valence-corrected chi connectivity index (χ4v) is 2.25. The number of nitrogens with one attached hydrogen (secondary N) is 2. The van der Waals surface area contributed by atoms with Gasteiger partial charge in [0, 0.05) is 23.7 Å². The highest BCUT2D eigenvalue weighted by molar-refractivity contribution is 5.95. The topological polar surface area (TPSA) is 59.6 Å². The molecule has 0 unspecified atom stereocenters. The van der Waals surface area contributed by atoms with Crippen molar-refractivity contribution in [3.63, 3.8) is 0 Å². The van der Waals surface area contributed by atoms with Crippen LogP contribution in [0.1, 0.15) is 29.8 Å². The van der Waals surface area contributed by atoms with E-state index >= 15 is 0 Å². The molecule has 0 saturated heterocycles. The van der Waals surface area contributed by atoms with Crippen molar-refractivity contribution in [2.45, 2.75) is 26.3 Å². The second-order valence-corrected chi connectivity index (χ2v) is 5.03. The second-order valence-electron chi connectivity index (χ2n) is 5.03. The van der Waals surface area contributed by atoms with Gasteiger partial charge in [0.15, 0.2) is 11.5 Å². The summed E-state index contributed by atoms with van der Waals surface area (Å²) in [4.78, 5) is 12.3. The number of amides is 1. The molecule has 0 saturated carbocycles. The van der Waals surface area contributed by atoms with Crippen LogP contribution in [-0.4, -0.2) is 39.3 Å². The lowest BCUT2D eigenvalue weighted by molar-refractivity contribution is 0.0949. The van der Waals surface area contributed by atoms with Gasteiger partial charge in [-0.05, 0) is 32.0 Å². The summed E-state index contributed by atoms with van der Waals surface area (Å²) >= 11 is 0. The molecule has 0 aliphatic carbocycles. The predicted octanol–water partition coefficient (Wildman–Crippen LogP) is 2.58. The fourth-order valence-electron chi connectivity index (χ4n) is 2.25. The van der Waals surface area contributed by atoms with E-state index in [0.29, 0.717) is 30.0 Å². The van der Waals surface area contributed by atoms with Crippen molar-refractivity contribution in [1.29, 1.82) is 0 Å². The van der Waals surface area contributed by atoms with E-state index in [-0.39, 0.29) is 24.4 Å². The maximum atomic E-state index is 12.3. The van der Waals surface area contributed by atoms with Crippen LogP contribution in [0.5, 0.6) is 11.5 Å². The number of likely N-dealkylation sites (N-methyl/N-ethyl adjacent to an activating group) is 1. The van der Waals surface area contributed by atoms with Gasteiger partial charge in [-0.15, -0.1) is 19.0 Å². The first-order valence-electron chi connectivity index (χ1n) is 7.44. The average molecular weight is 343 g/mol. The van der Waals surface area contributed by atoms with Gasteiger partial charge in [0.05, 0.1) is 14.2 Å². The number of halogens is 1. The van der Waals surface area contributed by atoms with E-state index in [0.717, 1.165) is 12.1 Å². The highest BCUT2D eigenvalue weighted by Gasteiger charge is 2.16. The number of methoxy groups -OCH3 is 2. The van der Waals surface area contributed by atoms with Gasteiger partial charge in [-0.2, -0.15) is 0 Å². The van der Waals surface area contributed by atoms with Crippen molar-refractivity contribution >= 4 is 18.3 Å². The molecule has 1 aromatic carbocycles. The Kier molecular flexibility index (Phi) is 10.1. The number of benzene rings is 1. The largest absolute Gasteiger partial charge is 0.493 e. The molecule has 1 amide bonds. The van der Waals surface area contributed by atoms with Crippen molar-refractivity contribution in [3.05, 3.63) is 35.9 Å². The third-order valence-corrected chi connectivity index (χ3v) is 3.30. The lowest BCUT2D eigenvalue weighted by atomic mass is 10.0. The molecule has 2 N–H and O–H groups in total. The van der Waals surface area contributed by atoms with Crippen molar-refractivity contribution in [3.8, 4) is 11.5 Å². The van der Waals surface area contributed by atoms with E-state index in [1.54, 1.807) is 26.4 Å². The molecule has 1 atom stereocenters. The van der Waals surface area contributed by atoms with Crippen molar-refractivity contribution in [2.75, 3.05) is 27.3 Å². The smallest absolute Gasteiger partial charge is 0.251 e. The molecule has 0 aliphatic rings. The first kappa shape index (κ1) is 21.3. The molecule has 6 heteroatoms. The van der Waals surface area contributed by atoms with Crippen molar-refractivity contribution in [1.82, 2.24) is 10.6 Å². The number of carbonyl (C=O) groups is 1. The molecule has 1 aromatic rings. The van der Waals surface area contributed by atoms with Gasteiger partial charge in [-0.25, -0.2) is 0 Å². The van der Waals surface area contributed by atoms with Gasteiger partial charge in [0.25, 0.3) is 5.91 Å². The van der Waals surface area contributed by atoms with Gasteiger partial charge < -0.3 is 20.1 Å². The molecule has 5 nitrogen and oxygen atoms in total. The van der Waals surface area contributed by atoms with Crippen molar-refractivity contribution in [2.24, 2.45) is 0 Å². The van der Waals surface area contributed by atoms with E-state index in [1.165, 1.54) is 0 Å². The number of allylic oxidation sites excluding steroid dienone is 1. The van der Waals surface area contributed by atoms with Gasteiger partial charge in [-0.3, -0.25) is 4.79 Å². The summed E-state index contributed by atoms with van der Waals surface area (Å²) in [5.74, 6) is 1.06. The van der Waals surface area contributed by atoms with Crippen molar-refractivity contribution < 1.29 is 14.3 Å². The standard InChI is InChI=1S/C17H26N2O3.ClH/c1-6-8-13-9-14(10-15(21-4)16(13)22-5)17(20)19-11-12(3)18-7-2;/h6,9-10,12,18H,1,7-8,11H2,2-5H3,(H,19,20);1H/t12-;/m1./s1. The Morgan fingerprint density at radius 3 is 2.57 bits per heavy atom. The highest BCUT2D eigenvalue weighted by Crippen LogP contribution is 2.33. The summed E-state index contributed by atoms with van der Waals surface area (Å²) in [5.41, 5.74) is 1.43. The predicted molar refractivity (Wildman–Crippen MR) is 96.2 cm³/mol. The van der Waals surface area contributed by atoms with E-state index in [2.05, 4.69) is 17.2 Å². The van der Waals surface area contributed by atoms with Gasteiger partial charge >= 0.3 is 0 Å². The number of rotatable bonds is 9. The third-order valence-electron chi connectivity index (χ3n) is 3.30. The Hall–Kier alpha value is -1.72. The molecular formula is C17H27ClN2O3. The molecule has 0 heterocycles. The zero-order chi connectivity index (χ0) is 16.5. The average Bonchev–Trinajstić information content (AvgIpc) is 2.52. The Morgan fingerprint density at radius 1 is 1.35 bits per heavy atom. The maximum absolute atomic E-state index is 12.3. The third kappa shape index (κ3) is 6.12. The molecular weight excluding hydrogens is 316 g/mol. The number of ether oxygens (including phenoxy) is 2. The normalized spacial score (nSPS) is 11.1. The van der Waals surface area contributed by atoms with E-state index in [4.69, 9.17) is 9.47 Å². The minimum atomic E-state index is -0.129.